The van der Waals surface area contributed by atoms with Crippen molar-refractivity contribution in [2.75, 3.05) is 0 Å². The molecule has 0 saturated heterocycles. The van der Waals surface area contributed by atoms with Crippen LogP contribution in [-0.4, -0.2) is 0 Å². The van der Waals surface area contributed by atoms with Crippen LogP contribution in [0.1, 0.15) is 33.6 Å². The third-order valence-corrected chi connectivity index (χ3v) is 2.37. The third kappa shape index (κ3) is 2.24. The summed E-state index contributed by atoms with van der Waals surface area (Å²) in [6.07, 6.45) is 3.87. The van der Waals surface area contributed by atoms with Crippen LogP contribution in [0.5, 0.6) is 0 Å². The van der Waals surface area contributed by atoms with Crippen LogP contribution in [0.3, 0.4) is 0 Å². The molecular formula is C12H14N2. The summed E-state index contributed by atoms with van der Waals surface area (Å²) < 4.78 is 0. The highest BCUT2D eigenvalue weighted by Gasteiger charge is 2.25. The molecule has 2 nitrogen and oxygen atoms in total. The van der Waals surface area contributed by atoms with Crippen LogP contribution in [0.4, 0.5) is 0 Å². The average Bonchev–Trinajstić information content (AvgIpc) is 2.02. The summed E-state index contributed by atoms with van der Waals surface area (Å²) in [6.45, 7) is 13.3. The molecule has 0 aromatic heterocycles. The van der Waals surface area contributed by atoms with E-state index in [-0.39, 0.29) is 11.1 Å². The molecule has 14 heavy (non-hydrogen) atoms. The van der Waals surface area contributed by atoms with Gasteiger partial charge in [-0.3, -0.25) is 0 Å². The second-order valence-electron chi connectivity index (χ2n) is 4.61. The Hall–Kier alpha value is -1.54. The van der Waals surface area contributed by atoms with E-state index in [1.807, 2.05) is 12.1 Å². The topological polar surface area (TPSA) is 28.1 Å². The van der Waals surface area contributed by atoms with Crippen LogP contribution in [-0.2, 0) is 0 Å². The Morgan fingerprint density at radius 3 is 2.64 bits per heavy atom. The molecule has 0 heterocycles. The molecule has 0 spiro atoms. The standard InChI is InChI=1S/C12H14N2/c1-9-5-10(11(8-13)14-4)7-12(2,3)6-9/h5H,6-7H2,1-3H3/b11-10-. The zero-order valence-electron chi connectivity index (χ0n) is 8.89. The molecule has 1 aliphatic rings. The Morgan fingerprint density at radius 1 is 1.57 bits per heavy atom. The van der Waals surface area contributed by atoms with Gasteiger partial charge in [-0.25, -0.2) is 10.1 Å². The molecule has 0 unspecified atom stereocenters. The molecule has 72 valence electrons. The predicted molar refractivity (Wildman–Crippen MR) is 56.0 cm³/mol. The maximum absolute atomic E-state index is 8.78. The first kappa shape index (κ1) is 10.5. The molecular weight excluding hydrogens is 172 g/mol. The van der Waals surface area contributed by atoms with Gasteiger partial charge in [0.1, 0.15) is 0 Å². The Kier molecular flexibility index (Phi) is 2.77. The Morgan fingerprint density at radius 2 is 2.21 bits per heavy atom. The monoisotopic (exact) mass is 186 g/mol. The Labute approximate surface area is 85.4 Å². The van der Waals surface area contributed by atoms with Gasteiger partial charge >= 0.3 is 0 Å². The minimum Gasteiger partial charge on any atom is -0.226 e. The maximum atomic E-state index is 8.78. The van der Waals surface area contributed by atoms with Crippen molar-refractivity contribution in [1.82, 2.24) is 0 Å². The van der Waals surface area contributed by atoms with Gasteiger partial charge in [0.15, 0.2) is 0 Å². The van der Waals surface area contributed by atoms with Gasteiger partial charge in [-0.15, -0.1) is 0 Å². The van der Waals surface area contributed by atoms with E-state index in [2.05, 4.69) is 25.6 Å². The molecule has 0 bridgehead atoms. The number of hydrogen-bond acceptors (Lipinski definition) is 1. The molecule has 0 fully saturated rings. The summed E-state index contributed by atoms with van der Waals surface area (Å²) in [7, 11) is 0. The highest BCUT2D eigenvalue weighted by Crippen LogP contribution is 2.38. The molecule has 0 aromatic carbocycles. The predicted octanol–water partition coefficient (Wildman–Crippen LogP) is 3.45. The number of nitrogens with zero attached hydrogens (tertiary/aromatic N) is 2. The fraction of sp³-hybridized carbons (Fsp3) is 0.500. The second kappa shape index (κ2) is 3.68. The molecule has 0 N–H and O–H groups in total. The van der Waals surface area contributed by atoms with E-state index in [0.29, 0.717) is 0 Å². The van der Waals surface area contributed by atoms with Gasteiger partial charge in [-0.1, -0.05) is 25.5 Å². The van der Waals surface area contributed by atoms with Crippen molar-refractivity contribution in [3.8, 4) is 6.07 Å². The highest BCUT2D eigenvalue weighted by atomic mass is 14.7. The molecule has 2 heteroatoms. The first-order valence-corrected chi connectivity index (χ1v) is 4.66. The third-order valence-electron chi connectivity index (χ3n) is 2.37. The molecule has 0 radical (unpaired) electrons. The van der Waals surface area contributed by atoms with Crippen LogP contribution in [0.15, 0.2) is 22.9 Å². The van der Waals surface area contributed by atoms with Crippen molar-refractivity contribution in [3.05, 3.63) is 34.3 Å². The van der Waals surface area contributed by atoms with Crippen molar-refractivity contribution in [1.29, 1.82) is 5.26 Å². The van der Waals surface area contributed by atoms with Crippen molar-refractivity contribution in [2.24, 2.45) is 5.41 Å². The number of nitriles is 1. The van der Waals surface area contributed by atoms with Gasteiger partial charge in [-0.2, -0.15) is 0 Å². The lowest BCUT2D eigenvalue weighted by atomic mass is 9.75. The molecule has 1 rings (SSSR count). The summed E-state index contributed by atoms with van der Waals surface area (Å²) in [4.78, 5) is 3.25. The number of allylic oxidation sites excluding steroid dienone is 4. The maximum Gasteiger partial charge on any atom is 0.265 e. The van der Waals surface area contributed by atoms with Crippen molar-refractivity contribution in [2.45, 2.75) is 33.6 Å². The summed E-state index contributed by atoms with van der Waals surface area (Å²) in [6, 6.07) is 1.96. The smallest absolute Gasteiger partial charge is 0.226 e. The lowest BCUT2D eigenvalue weighted by Crippen LogP contribution is -2.16. The molecule has 0 aliphatic heterocycles. The molecule has 0 aromatic rings. The zero-order valence-corrected chi connectivity index (χ0v) is 8.89. The van der Waals surface area contributed by atoms with Gasteiger partial charge in [0.2, 0.25) is 0 Å². The SMILES string of the molecule is [C-]#[N+]/C(C#N)=C1/C=C(C)CC(C)(C)C1. The fourth-order valence-electron chi connectivity index (χ4n) is 2.05. The Balaban J connectivity index is 3.17. The van der Waals surface area contributed by atoms with Gasteiger partial charge in [-0.05, 0) is 30.8 Å². The summed E-state index contributed by atoms with van der Waals surface area (Å²) in [5.41, 5.74) is 2.59. The quantitative estimate of drug-likeness (QED) is 0.420. The normalized spacial score (nSPS) is 23.1. The van der Waals surface area contributed by atoms with E-state index >= 15 is 0 Å². The average molecular weight is 186 g/mol. The van der Waals surface area contributed by atoms with Crippen LogP contribution >= 0.6 is 0 Å². The minimum atomic E-state index is 0.182. The van der Waals surface area contributed by atoms with Crippen LogP contribution in [0, 0.1) is 23.3 Å². The van der Waals surface area contributed by atoms with Crippen molar-refractivity contribution >= 4 is 0 Å². The first-order chi connectivity index (χ1) is 6.48. The largest absolute Gasteiger partial charge is 0.265 e. The van der Waals surface area contributed by atoms with Crippen molar-refractivity contribution < 1.29 is 0 Å². The van der Waals surface area contributed by atoms with Gasteiger partial charge in [0.25, 0.3) is 5.70 Å². The number of rotatable bonds is 0. The van der Waals surface area contributed by atoms with Crippen molar-refractivity contribution in [3.63, 3.8) is 0 Å². The Bertz CT molecular complexity index is 368. The second-order valence-corrected chi connectivity index (χ2v) is 4.61. The summed E-state index contributed by atoms with van der Waals surface area (Å²) in [5.74, 6) is 0. The summed E-state index contributed by atoms with van der Waals surface area (Å²) >= 11 is 0. The fourth-order valence-corrected chi connectivity index (χ4v) is 2.05. The van der Waals surface area contributed by atoms with Gasteiger partial charge in [0.05, 0.1) is 12.6 Å². The summed E-state index contributed by atoms with van der Waals surface area (Å²) in [5, 5.41) is 8.78. The van der Waals surface area contributed by atoms with E-state index in [4.69, 9.17) is 11.8 Å². The minimum absolute atomic E-state index is 0.182. The molecule has 0 saturated carbocycles. The first-order valence-electron chi connectivity index (χ1n) is 4.66. The highest BCUT2D eigenvalue weighted by molar-refractivity contribution is 5.42. The lowest BCUT2D eigenvalue weighted by molar-refractivity contribution is 0.351. The number of hydrogen-bond donors (Lipinski definition) is 0. The lowest BCUT2D eigenvalue weighted by Gasteiger charge is -2.30. The van der Waals surface area contributed by atoms with E-state index in [1.165, 1.54) is 5.57 Å². The van der Waals surface area contributed by atoms with Crippen LogP contribution in [0.2, 0.25) is 0 Å². The van der Waals surface area contributed by atoms with E-state index in [0.717, 1.165) is 18.4 Å². The van der Waals surface area contributed by atoms with Gasteiger partial charge < -0.3 is 0 Å². The zero-order chi connectivity index (χ0) is 10.8. The van der Waals surface area contributed by atoms with Gasteiger partial charge in [0, 0.05) is 0 Å². The molecule has 1 aliphatic carbocycles. The van der Waals surface area contributed by atoms with Crippen LogP contribution in [0.25, 0.3) is 4.85 Å². The molecule has 0 amide bonds. The molecule has 0 atom stereocenters. The van der Waals surface area contributed by atoms with E-state index in [9.17, 15) is 0 Å². The van der Waals surface area contributed by atoms with Crippen LogP contribution < -0.4 is 0 Å². The van der Waals surface area contributed by atoms with E-state index < -0.39 is 0 Å². The van der Waals surface area contributed by atoms with E-state index in [1.54, 1.807) is 0 Å².